The fraction of sp³-hybridized carbons (Fsp3) is 0.625. The minimum absolute atomic E-state index is 0.0446. The van der Waals surface area contributed by atoms with E-state index >= 15 is 0 Å². The van der Waals surface area contributed by atoms with Crippen molar-refractivity contribution in [3.8, 4) is 0 Å². The summed E-state index contributed by atoms with van der Waals surface area (Å²) in [4.78, 5) is 0. The first-order valence-electron chi connectivity index (χ1n) is 6.89. The van der Waals surface area contributed by atoms with E-state index in [1.807, 2.05) is 18.2 Å². The first kappa shape index (κ1) is 15.2. The van der Waals surface area contributed by atoms with Crippen LogP contribution in [0.4, 0.5) is 0 Å². The number of benzene rings is 1. The highest BCUT2D eigenvalue weighted by Gasteiger charge is 2.25. The van der Waals surface area contributed by atoms with Crippen LogP contribution in [0.1, 0.15) is 57.8 Å². The first-order valence-corrected chi connectivity index (χ1v) is 6.89. The van der Waals surface area contributed by atoms with Gasteiger partial charge in [-0.25, -0.2) is 0 Å². The van der Waals surface area contributed by atoms with Crippen molar-refractivity contribution in [2.24, 2.45) is 11.7 Å². The molecule has 102 valence electrons. The average molecular weight is 249 g/mol. The molecule has 0 bridgehead atoms. The highest BCUT2D eigenvalue weighted by atomic mass is 16.3. The van der Waals surface area contributed by atoms with Gasteiger partial charge in [-0.15, -0.1) is 0 Å². The third-order valence-corrected chi connectivity index (χ3v) is 3.50. The molecule has 2 heteroatoms. The molecular weight excluding hydrogens is 222 g/mol. The molecule has 1 aromatic carbocycles. The maximum absolute atomic E-state index is 10.6. The van der Waals surface area contributed by atoms with Crippen LogP contribution in [0, 0.1) is 5.92 Å². The highest BCUT2D eigenvalue weighted by molar-refractivity contribution is 5.34. The number of hydrogen-bond acceptors (Lipinski definition) is 2. The molecule has 2 unspecified atom stereocenters. The van der Waals surface area contributed by atoms with Crippen LogP contribution in [-0.2, 0) is 5.41 Å². The molecule has 0 radical (unpaired) electrons. The van der Waals surface area contributed by atoms with E-state index in [1.54, 1.807) is 0 Å². The Bertz CT molecular complexity index is 368. The molecule has 2 atom stereocenters. The van der Waals surface area contributed by atoms with E-state index in [1.165, 1.54) is 5.56 Å². The van der Waals surface area contributed by atoms with Crippen LogP contribution in [0.5, 0.6) is 0 Å². The van der Waals surface area contributed by atoms with E-state index in [2.05, 4.69) is 33.8 Å². The normalized spacial score (nSPS) is 15.4. The van der Waals surface area contributed by atoms with Crippen LogP contribution in [0.15, 0.2) is 24.3 Å². The molecule has 2 nitrogen and oxygen atoms in total. The Hall–Kier alpha value is -0.860. The summed E-state index contributed by atoms with van der Waals surface area (Å²) in [5, 5.41) is 10.6. The number of rotatable bonds is 5. The molecule has 0 aliphatic heterocycles. The van der Waals surface area contributed by atoms with E-state index in [9.17, 15) is 5.11 Å². The topological polar surface area (TPSA) is 46.2 Å². The molecule has 0 fully saturated rings. The first-order chi connectivity index (χ1) is 8.41. The van der Waals surface area contributed by atoms with Gasteiger partial charge in [-0.3, -0.25) is 0 Å². The monoisotopic (exact) mass is 249 g/mol. The quantitative estimate of drug-likeness (QED) is 0.840. The molecule has 0 aliphatic rings. The van der Waals surface area contributed by atoms with E-state index in [4.69, 9.17) is 5.73 Å². The van der Waals surface area contributed by atoms with Crippen LogP contribution < -0.4 is 5.73 Å². The van der Waals surface area contributed by atoms with Crippen molar-refractivity contribution in [1.82, 2.24) is 0 Å². The smallest absolute Gasteiger partial charge is 0.0833 e. The Balaban J connectivity index is 3.08. The molecule has 1 aromatic rings. The Labute approximate surface area is 111 Å². The summed E-state index contributed by atoms with van der Waals surface area (Å²) < 4.78 is 0. The number of aliphatic hydroxyl groups excluding tert-OH is 1. The largest absolute Gasteiger partial charge is 0.388 e. The van der Waals surface area contributed by atoms with Crippen molar-refractivity contribution in [2.45, 2.75) is 52.1 Å². The summed E-state index contributed by atoms with van der Waals surface area (Å²) in [7, 11) is 0. The number of aliphatic hydroxyl groups is 1. The fourth-order valence-electron chi connectivity index (χ4n) is 2.47. The van der Waals surface area contributed by atoms with E-state index in [0.29, 0.717) is 6.54 Å². The summed E-state index contributed by atoms with van der Waals surface area (Å²) in [5.41, 5.74) is 8.09. The van der Waals surface area contributed by atoms with Crippen LogP contribution in [0.25, 0.3) is 0 Å². The third-order valence-electron chi connectivity index (χ3n) is 3.50. The zero-order valence-corrected chi connectivity index (χ0v) is 12.1. The summed E-state index contributed by atoms with van der Waals surface area (Å²) in [6.07, 6.45) is 1.57. The maximum Gasteiger partial charge on any atom is 0.0833 e. The molecule has 0 spiro atoms. The predicted molar refractivity (Wildman–Crippen MR) is 77.6 cm³/mol. The van der Waals surface area contributed by atoms with Gasteiger partial charge >= 0.3 is 0 Å². The zero-order chi connectivity index (χ0) is 13.8. The van der Waals surface area contributed by atoms with Gasteiger partial charge in [0.15, 0.2) is 0 Å². The Morgan fingerprint density at radius 2 is 1.83 bits per heavy atom. The average Bonchev–Trinajstić information content (AvgIpc) is 2.34. The second-order valence-electron chi connectivity index (χ2n) is 6.07. The minimum atomic E-state index is -0.453. The van der Waals surface area contributed by atoms with E-state index < -0.39 is 6.10 Å². The predicted octanol–water partition coefficient (Wildman–Crippen LogP) is 3.39. The highest BCUT2D eigenvalue weighted by Crippen LogP contribution is 2.33. The molecule has 1 rings (SSSR count). The molecular formula is C16H27NO. The van der Waals surface area contributed by atoms with Crippen LogP contribution in [-0.4, -0.2) is 11.7 Å². The van der Waals surface area contributed by atoms with Gasteiger partial charge in [0, 0.05) is 5.92 Å². The fourth-order valence-corrected chi connectivity index (χ4v) is 2.47. The van der Waals surface area contributed by atoms with Crippen LogP contribution in [0.2, 0.25) is 0 Å². The van der Waals surface area contributed by atoms with Gasteiger partial charge < -0.3 is 10.8 Å². The SMILES string of the molecule is CCCC(CN)C(O)c1ccccc1C(C)(C)C. The summed E-state index contributed by atoms with van der Waals surface area (Å²) in [5.74, 6) is 0.151. The van der Waals surface area contributed by atoms with Crippen LogP contribution >= 0.6 is 0 Å². The summed E-state index contributed by atoms with van der Waals surface area (Å²) in [6, 6.07) is 8.17. The summed E-state index contributed by atoms with van der Waals surface area (Å²) in [6.45, 7) is 9.19. The Morgan fingerprint density at radius 3 is 2.33 bits per heavy atom. The standard InChI is InChI=1S/C16H27NO/c1-5-8-12(11-17)15(18)13-9-6-7-10-14(13)16(2,3)4/h6-7,9-10,12,15,18H,5,8,11,17H2,1-4H3. The van der Waals surface area contributed by atoms with Crippen molar-refractivity contribution in [2.75, 3.05) is 6.54 Å². The molecule has 0 aromatic heterocycles. The van der Waals surface area contributed by atoms with Crippen molar-refractivity contribution in [3.63, 3.8) is 0 Å². The molecule has 18 heavy (non-hydrogen) atoms. The van der Waals surface area contributed by atoms with Gasteiger partial charge in [0.2, 0.25) is 0 Å². The van der Waals surface area contributed by atoms with E-state index in [-0.39, 0.29) is 11.3 Å². The van der Waals surface area contributed by atoms with E-state index in [0.717, 1.165) is 18.4 Å². The van der Waals surface area contributed by atoms with Gasteiger partial charge in [-0.05, 0) is 29.5 Å². The lowest BCUT2D eigenvalue weighted by Gasteiger charge is -2.28. The van der Waals surface area contributed by atoms with Gasteiger partial charge in [0.25, 0.3) is 0 Å². The lowest BCUT2D eigenvalue weighted by molar-refractivity contribution is 0.105. The number of hydrogen-bond donors (Lipinski definition) is 2. The molecule has 0 aliphatic carbocycles. The van der Waals surface area contributed by atoms with Gasteiger partial charge in [-0.1, -0.05) is 58.4 Å². The second-order valence-corrected chi connectivity index (χ2v) is 6.07. The van der Waals surface area contributed by atoms with Crippen molar-refractivity contribution >= 4 is 0 Å². The van der Waals surface area contributed by atoms with Gasteiger partial charge in [0.1, 0.15) is 0 Å². The second kappa shape index (κ2) is 6.35. The third kappa shape index (κ3) is 3.56. The molecule has 0 saturated heterocycles. The van der Waals surface area contributed by atoms with Crippen molar-refractivity contribution in [3.05, 3.63) is 35.4 Å². The lowest BCUT2D eigenvalue weighted by Crippen LogP contribution is -2.25. The maximum atomic E-state index is 10.6. The van der Waals surface area contributed by atoms with Crippen molar-refractivity contribution in [1.29, 1.82) is 0 Å². The molecule has 0 heterocycles. The minimum Gasteiger partial charge on any atom is -0.388 e. The van der Waals surface area contributed by atoms with Crippen molar-refractivity contribution < 1.29 is 5.11 Å². The molecule has 0 saturated carbocycles. The summed E-state index contributed by atoms with van der Waals surface area (Å²) >= 11 is 0. The van der Waals surface area contributed by atoms with Gasteiger partial charge in [0.05, 0.1) is 6.10 Å². The number of nitrogens with two attached hydrogens (primary N) is 1. The Kier molecular flexibility index (Phi) is 5.36. The van der Waals surface area contributed by atoms with Gasteiger partial charge in [-0.2, -0.15) is 0 Å². The van der Waals surface area contributed by atoms with Crippen LogP contribution in [0.3, 0.4) is 0 Å². The molecule has 3 N–H and O–H groups in total. The Morgan fingerprint density at radius 1 is 1.22 bits per heavy atom. The zero-order valence-electron chi connectivity index (χ0n) is 12.1. The lowest BCUT2D eigenvalue weighted by atomic mass is 9.79. The molecule has 0 amide bonds.